The number of hydrogen-bond acceptors (Lipinski definition) is 2. The van der Waals surface area contributed by atoms with Crippen molar-refractivity contribution in [3.8, 4) is 0 Å². The largest absolute Gasteiger partial charge is 0.426 e. The molecule has 198 valence electrons. The van der Waals surface area contributed by atoms with Gasteiger partial charge in [0.1, 0.15) is 6.79 Å². The normalized spacial score (nSPS) is 22.8. The van der Waals surface area contributed by atoms with E-state index < -0.39 is 31.2 Å². The van der Waals surface area contributed by atoms with Crippen molar-refractivity contribution in [3.63, 3.8) is 0 Å². The highest BCUT2D eigenvalue weighted by atomic mass is 19.4. The molecule has 34 heavy (non-hydrogen) atoms. The second kappa shape index (κ2) is 13.1. The molecule has 0 radical (unpaired) electrons. The molecular weight excluding hydrogens is 458 g/mol. The molecule has 0 N–H and O–H groups in total. The summed E-state index contributed by atoms with van der Waals surface area (Å²) in [6.45, 7) is 10.2. The van der Waals surface area contributed by atoms with E-state index >= 15 is 0 Å². The van der Waals surface area contributed by atoms with Gasteiger partial charge in [0.15, 0.2) is 0 Å². The van der Waals surface area contributed by atoms with Crippen LogP contribution in [0.1, 0.15) is 85.1 Å². The van der Waals surface area contributed by atoms with Crippen molar-refractivity contribution in [2.24, 2.45) is 17.8 Å². The van der Waals surface area contributed by atoms with Crippen molar-refractivity contribution in [1.82, 2.24) is 0 Å². The van der Waals surface area contributed by atoms with E-state index in [1.165, 1.54) is 12.0 Å². The summed E-state index contributed by atoms with van der Waals surface area (Å²) in [6, 6.07) is 10.6. The van der Waals surface area contributed by atoms with Crippen molar-refractivity contribution in [3.05, 3.63) is 35.9 Å². The second-order valence-corrected chi connectivity index (χ2v) is 9.69. The summed E-state index contributed by atoms with van der Waals surface area (Å²) in [6.07, 6.45) is -9.08. The number of rotatable bonds is 8. The molecule has 0 amide bonds. The molecule has 8 heteroatoms. The van der Waals surface area contributed by atoms with Crippen molar-refractivity contribution in [2.45, 2.75) is 104 Å². The van der Waals surface area contributed by atoms with Gasteiger partial charge in [0.2, 0.25) is 0 Å². The van der Waals surface area contributed by atoms with E-state index in [0.717, 1.165) is 19.8 Å². The molecule has 0 heterocycles. The molecule has 0 aromatic heterocycles. The van der Waals surface area contributed by atoms with Crippen LogP contribution < -0.4 is 0 Å². The van der Waals surface area contributed by atoms with Crippen molar-refractivity contribution in [1.29, 1.82) is 0 Å². The fraction of sp³-hybridized carbons (Fsp3) is 0.769. The van der Waals surface area contributed by atoms with Crippen LogP contribution >= 0.6 is 0 Å². The molecule has 0 spiro atoms. The molecule has 1 aliphatic carbocycles. The zero-order chi connectivity index (χ0) is 26.2. The van der Waals surface area contributed by atoms with Gasteiger partial charge >= 0.3 is 12.4 Å². The standard InChI is InChI=1S/C16H26F6O2.C10H14/c1-5-14(15(17,18)19,16(20,21)22)24-9-23-13-8-11(4)6-7-12(13)10(2)3;1-3-9(2)10-7-5-4-6-8-10/h10-13H,5-9H2,1-4H3;4-9H,3H2,1-2H3. The third kappa shape index (κ3) is 8.14. The van der Waals surface area contributed by atoms with Gasteiger partial charge in [-0.05, 0) is 54.9 Å². The second-order valence-electron chi connectivity index (χ2n) is 9.69. The lowest BCUT2D eigenvalue weighted by Crippen LogP contribution is -2.58. The maximum atomic E-state index is 13.0. The highest BCUT2D eigenvalue weighted by Gasteiger charge is 2.71. The first-order valence-corrected chi connectivity index (χ1v) is 12.1. The Labute approximate surface area is 200 Å². The van der Waals surface area contributed by atoms with Crippen LogP contribution in [-0.2, 0) is 9.47 Å². The molecule has 4 atom stereocenters. The highest BCUT2D eigenvalue weighted by Crippen LogP contribution is 2.48. The smallest absolute Gasteiger partial charge is 0.352 e. The summed E-state index contributed by atoms with van der Waals surface area (Å²) in [5, 5.41) is 0. The number of benzene rings is 1. The van der Waals surface area contributed by atoms with Crippen LogP contribution in [0.25, 0.3) is 0 Å². The summed E-state index contributed by atoms with van der Waals surface area (Å²) < 4.78 is 87.7. The lowest BCUT2D eigenvalue weighted by Gasteiger charge is -2.39. The van der Waals surface area contributed by atoms with Crippen LogP contribution in [0.2, 0.25) is 0 Å². The van der Waals surface area contributed by atoms with Gasteiger partial charge in [-0.3, -0.25) is 0 Å². The average molecular weight is 499 g/mol. The third-order valence-electron chi connectivity index (χ3n) is 6.94. The van der Waals surface area contributed by atoms with Gasteiger partial charge in [0.25, 0.3) is 5.60 Å². The fourth-order valence-corrected chi connectivity index (χ4v) is 4.37. The lowest BCUT2D eigenvalue weighted by molar-refractivity contribution is -0.396. The van der Waals surface area contributed by atoms with E-state index in [9.17, 15) is 26.3 Å². The fourth-order valence-electron chi connectivity index (χ4n) is 4.37. The average Bonchev–Trinajstić information content (AvgIpc) is 2.75. The summed E-state index contributed by atoms with van der Waals surface area (Å²) in [5.74, 6) is 1.38. The molecule has 1 fully saturated rings. The number of hydrogen-bond donors (Lipinski definition) is 0. The monoisotopic (exact) mass is 498 g/mol. The van der Waals surface area contributed by atoms with E-state index in [-0.39, 0.29) is 17.9 Å². The van der Waals surface area contributed by atoms with Crippen molar-refractivity contribution in [2.75, 3.05) is 6.79 Å². The van der Waals surface area contributed by atoms with Crippen LogP contribution in [0.15, 0.2) is 30.3 Å². The van der Waals surface area contributed by atoms with Crippen LogP contribution in [-0.4, -0.2) is 30.9 Å². The Balaban J connectivity index is 0.000000479. The Morgan fingerprint density at radius 1 is 0.912 bits per heavy atom. The first-order chi connectivity index (χ1) is 15.7. The van der Waals surface area contributed by atoms with Gasteiger partial charge in [0.05, 0.1) is 6.10 Å². The van der Waals surface area contributed by atoms with Gasteiger partial charge in [-0.25, -0.2) is 0 Å². The molecule has 1 aliphatic rings. The van der Waals surface area contributed by atoms with Crippen molar-refractivity contribution < 1.29 is 35.8 Å². The molecule has 1 saturated carbocycles. The number of alkyl halides is 6. The molecule has 2 nitrogen and oxygen atoms in total. The minimum atomic E-state index is -5.55. The Kier molecular flexibility index (Phi) is 11.9. The quantitative estimate of drug-likeness (QED) is 0.263. The highest BCUT2D eigenvalue weighted by molar-refractivity contribution is 5.18. The van der Waals surface area contributed by atoms with Gasteiger partial charge in [-0.1, -0.05) is 78.3 Å². The third-order valence-corrected chi connectivity index (χ3v) is 6.94. The maximum Gasteiger partial charge on any atom is 0.426 e. The van der Waals surface area contributed by atoms with Crippen LogP contribution in [0.5, 0.6) is 0 Å². The Bertz CT molecular complexity index is 673. The zero-order valence-electron chi connectivity index (χ0n) is 21.1. The molecule has 2 rings (SSSR count). The number of ether oxygens (including phenoxy) is 2. The van der Waals surface area contributed by atoms with Gasteiger partial charge < -0.3 is 9.47 Å². The minimum Gasteiger partial charge on any atom is -0.352 e. The minimum absolute atomic E-state index is 0.109. The van der Waals surface area contributed by atoms with E-state index in [4.69, 9.17) is 4.74 Å². The van der Waals surface area contributed by atoms with Gasteiger partial charge in [-0.15, -0.1) is 0 Å². The van der Waals surface area contributed by atoms with Crippen molar-refractivity contribution >= 4 is 0 Å². The van der Waals surface area contributed by atoms with E-state index in [0.29, 0.717) is 18.3 Å². The summed E-state index contributed by atoms with van der Waals surface area (Å²) in [5.41, 5.74) is -2.74. The van der Waals surface area contributed by atoms with Crippen LogP contribution in [0, 0.1) is 17.8 Å². The van der Waals surface area contributed by atoms with Crippen LogP contribution in [0.3, 0.4) is 0 Å². The molecular formula is C26H40F6O2. The first kappa shape index (κ1) is 30.8. The lowest BCUT2D eigenvalue weighted by atomic mass is 9.75. The van der Waals surface area contributed by atoms with E-state index in [1.54, 1.807) is 0 Å². The summed E-state index contributed by atoms with van der Waals surface area (Å²) in [4.78, 5) is 0. The topological polar surface area (TPSA) is 18.5 Å². The van der Waals surface area contributed by atoms with E-state index in [2.05, 4.69) is 48.9 Å². The molecule has 1 aromatic carbocycles. The van der Waals surface area contributed by atoms with Gasteiger partial charge in [0, 0.05) is 0 Å². The Hall–Kier alpha value is -1.28. The zero-order valence-corrected chi connectivity index (χ0v) is 21.1. The maximum absolute atomic E-state index is 13.0. The predicted octanol–water partition coefficient (Wildman–Crippen LogP) is 8.91. The predicted molar refractivity (Wildman–Crippen MR) is 122 cm³/mol. The van der Waals surface area contributed by atoms with Gasteiger partial charge in [-0.2, -0.15) is 26.3 Å². The van der Waals surface area contributed by atoms with Crippen LogP contribution in [0.4, 0.5) is 26.3 Å². The Morgan fingerprint density at radius 2 is 1.47 bits per heavy atom. The molecule has 1 aromatic rings. The molecule has 4 unspecified atom stereocenters. The Morgan fingerprint density at radius 3 is 1.91 bits per heavy atom. The molecule has 0 saturated heterocycles. The van der Waals surface area contributed by atoms with E-state index in [1.807, 2.05) is 20.8 Å². The SMILES string of the molecule is CCC(C)c1ccccc1.CCC(OCOC1CC(C)CCC1C(C)C)(C(F)(F)F)C(F)(F)F. The number of halogens is 6. The summed E-state index contributed by atoms with van der Waals surface area (Å²) >= 11 is 0. The molecule has 0 aliphatic heterocycles. The summed E-state index contributed by atoms with van der Waals surface area (Å²) in [7, 11) is 0. The molecule has 0 bridgehead atoms. The first-order valence-electron chi connectivity index (χ1n) is 12.1.